The van der Waals surface area contributed by atoms with Crippen molar-refractivity contribution in [2.75, 3.05) is 6.61 Å². The molecular weight excluding hydrogens is 361 g/mol. The van der Waals surface area contributed by atoms with Crippen LogP contribution in [0.15, 0.2) is 29.1 Å². The molecule has 1 N–H and O–H groups in total. The van der Waals surface area contributed by atoms with Gasteiger partial charge in [-0.15, -0.1) is 0 Å². The summed E-state index contributed by atoms with van der Waals surface area (Å²) in [4.78, 5) is 26.7. The molecule has 0 fully saturated rings. The van der Waals surface area contributed by atoms with Gasteiger partial charge in [0.1, 0.15) is 5.52 Å². The van der Waals surface area contributed by atoms with Crippen LogP contribution < -0.4 is 5.56 Å². The standard InChI is InChI=1S/C19H17F3N2O3/c1-4-27-16(25)8-7-14-10(2)11(3)17-18(26)23-13-9-12(19(20,21)22)5-6-15(13)24(14)17/h5-9H,4H2,1-3H3,(H,23,26). The van der Waals surface area contributed by atoms with Crippen molar-refractivity contribution in [3.05, 3.63) is 57.0 Å². The predicted molar refractivity (Wildman–Crippen MR) is 95.7 cm³/mol. The second kappa shape index (κ2) is 6.61. The van der Waals surface area contributed by atoms with Gasteiger partial charge in [-0.05, 0) is 56.2 Å². The molecule has 8 heteroatoms. The molecule has 2 aromatic heterocycles. The maximum absolute atomic E-state index is 13.0. The molecule has 0 atom stereocenters. The average molecular weight is 378 g/mol. The van der Waals surface area contributed by atoms with E-state index in [4.69, 9.17) is 4.74 Å². The Morgan fingerprint density at radius 1 is 1.26 bits per heavy atom. The van der Waals surface area contributed by atoms with E-state index in [9.17, 15) is 22.8 Å². The minimum absolute atomic E-state index is 0.0584. The monoisotopic (exact) mass is 378 g/mol. The third-order valence-electron chi connectivity index (χ3n) is 4.46. The van der Waals surface area contributed by atoms with Gasteiger partial charge in [-0.2, -0.15) is 13.2 Å². The summed E-state index contributed by atoms with van der Waals surface area (Å²) in [5.41, 5.74) is 1.39. The highest BCUT2D eigenvalue weighted by Crippen LogP contribution is 2.32. The predicted octanol–water partition coefficient (Wildman–Crippen LogP) is 3.99. The van der Waals surface area contributed by atoms with Gasteiger partial charge in [-0.25, -0.2) is 4.79 Å². The van der Waals surface area contributed by atoms with E-state index in [1.165, 1.54) is 18.2 Å². The van der Waals surface area contributed by atoms with Crippen LogP contribution in [0, 0.1) is 13.8 Å². The number of H-pyrrole nitrogens is 1. The van der Waals surface area contributed by atoms with E-state index in [-0.39, 0.29) is 12.1 Å². The summed E-state index contributed by atoms with van der Waals surface area (Å²) in [6.45, 7) is 5.43. The van der Waals surface area contributed by atoms with Gasteiger partial charge in [-0.1, -0.05) is 0 Å². The van der Waals surface area contributed by atoms with Gasteiger partial charge in [0.15, 0.2) is 0 Å². The van der Waals surface area contributed by atoms with Gasteiger partial charge in [0, 0.05) is 11.8 Å². The van der Waals surface area contributed by atoms with E-state index < -0.39 is 23.3 Å². The first kappa shape index (κ1) is 18.8. The van der Waals surface area contributed by atoms with Crippen molar-refractivity contribution in [3.8, 4) is 0 Å². The van der Waals surface area contributed by atoms with Crippen molar-refractivity contribution in [1.82, 2.24) is 9.38 Å². The first-order valence-corrected chi connectivity index (χ1v) is 8.24. The Bertz CT molecular complexity index is 1140. The van der Waals surface area contributed by atoms with Crippen molar-refractivity contribution in [1.29, 1.82) is 0 Å². The molecule has 2 heterocycles. The number of aryl methyl sites for hydroxylation is 1. The molecule has 0 saturated carbocycles. The number of hydrogen-bond acceptors (Lipinski definition) is 3. The molecular formula is C19H17F3N2O3. The lowest BCUT2D eigenvalue weighted by Gasteiger charge is -2.10. The number of halogens is 3. The molecule has 1 aromatic carbocycles. The minimum Gasteiger partial charge on any atom is -0.463 e. The molecule has 0 aliphatic heterocycles. The smallest absolute Gasteiger partial charge is 0.416 e. The number of benzene rings is 1. The highest BCUT2D eigenvalue weighted by Gasteiger charge is 2.31. The van der Waals surface area contributed by atoms with E-state index in [1.54, 1.807) is 25.2 Å². The summed E-state index contributed by atoms with van der Waals surface area (Å²) in [7, 11) is 0. The topological polar surface area (TPSA) is 63.6 Å². The van der Waals surface area contributed by atoms with Crippen molar-refractivity contribution in [2.45, 2.75) is 26.9 Å². The molecule has 27 heavy (non-hydrogen) atoms. The Hall–Kier alpha value is -3.03. The second-order valence-electron chi connectivity index (χ2n) is 6.09. The van der Waals surface area contributed by atoms with Crippen LogP contribution in [0.25, 0.3) is 22.6 Å². The number of aromatic nitrogens is 2. The molecule has 0 radical (unpaired) electrons. The van der Waals surface area contributed by atoms with Crippen molar-refractivity contribution in [3.63, 3.8) is 0 Å². The van der Waals surface area contributed by atoms with Crippen LogP contribution in [0.1, 0.15) is 29.3 Å². The van der Waals surface area contributed by atoms with Crippen LogP contribution in [-0.4, -0.2) is 22.0 Å². The summed E-state index contributed by atoms with van der Waals surface area (Å²) in [6, 6.07) is 3.17. The summed E-state index contributed by atoms with van der Waals surface area (Å²) in [6.07, 6.45) is -1.78. The lowest BCUT2D eigenvalue weighted by Crippen LogP contribution is -2.13. The Morgan fingerprint density at radius 3 is 2.59 bits per heavy atom. The third-order valence-corrected chi connectivity index (χ3v) is 4.46. The van der Waals surface area contributed by atoms with Crippen LogP contribution in [0.4, 0.5) is 13.2 Å². The van der Waals surface area contributed by atoms with Gasteiger partial charge in [-0.3, -0.25) is 4.79 Å². The first-order chi connectivity index (χ1) is 12.6. The molecule has 142 valence electrons. The number of esters is 1. The molecule has 0 aliphatic rings. The zero-order valence-electron chi connectivity index (χ0n) is 14.9. The van der Waals surface area contributed by atoms with Gasteiger partial charge in [0.25, 0.3) is 5.56 Å². The number of hydrogen-bond donors (Lipinski definition) is 1. The zero-order chi connectivity index (χ0) is 19.9. The number of aromatic amines is 1. The number of alkyl halides is 3. The number of carbonyl (C=O) groups is 1. The van der Waals surface area contributed by atoms with E-state index in [0.717, 1.165) is 17.7 Å². The lowest BCUT2D eigenvalue weighted by atomic mass is 10.1. The van der Waals surface area contributed by atoms with Gasteiger partial charge >= 0.3 is 12.1 Å². The number of ether oxygens (including phenoxy) is 1. The Labute approximate surface area is 152 Å². The third kappa shape index (κ3) is 3.22. The summed E-state index contributed by atoms with van der Waals surface area (Å²) >= 11 is 0. The van der Waals surface area contributed by atoms with E-state index in [0.29, 0.717) is 22.3 Å². The van der Waals surface area contributed by atoms with E-state index in [1.807, 2.05) is 0 Å². The first-order valence-electron chi connectivity index (χ1n) is 8.24. The molecule has 3 aromatic rings. The average Bonchev–Trinajstić information content (AvgIpc) is 2.84. The summed E-state index contributed by atoms with van der Waals surface area (Å²) < 4.78 is 45.4. The number of fused-ring (bicyclic) bond motifs is 3. The number of nitrogens with zero attached hydrogens (tertiary/aromatic N) is 1. The fourth-order valence-corrected chi connectivity index (χ4v) is 3.07. The summed E-state index contributed by atoms with van der Waals surface area (Å²) in [5, 5.41) is 0. The highest BCUT2D eigenvalue weighted by atomic mass is 19.4. The number of nitrogens with one attached hydrogen (secondary N) is 1. The molecule has 0 bridgehead atoms. The molecule has 5 nitrogen and oxygen atoms in total. The van der Waals surface area contributed by atoms with Crippen molar-refractivity contribution in [2.24, 2.45) is 0 Å². The fourth-order valence-electron chi connectivity index (χ4n) is 3.07. The SMILES string of the molecule is CCOC(=O)C=Cc1c(C)c(C)c2c(=O)[nH]c3cc(C(F)(F)F)ccc3n12. The van der Waals surface area contributed by atoms with Gasteiger partial charge in [0.05, 0.1) is 23.2 Å². The lowest BCUT2D eigenvalue weighted by molar-refractivity contribution is -0.138. The van der Waals surface area contributed by atoms with Crippen LogP contribution in [0.3, 0.4) is 0 Å². The molecule has 0 amide bonds. The second-order valence-corrected chi connectivity index (χ2v) is 6.09. The normalized spacial score (nSPS) is 12.4. The van der Waals surface area contributed by atoms with Crippen LogP contribution in [0.2, 0.25) is 0 Å². The number of carbonyl (C=O) groups excluding carboxylic acids is 1. The van der Waals surface area contributed by atoms with Gasteiger partial charge in [0.2, 0.25) is 0 Å². The molecule has 0 saturated heterocycles. The largest absolute Gasteiger partial charge is 0.463 e. The molecule has 0 spiro atoms. The maximum Gasteiger partial charge on any atom is 0.416 e. The highest BCUT2D eigenvalue weighted by molar-refractivity contribution is 5.89. The Balaban J connectivity index is 2.34. The van der Waals surface area contributed by atoms with Crippen LogP contribution in [-0.2, 0) is 15.7 Å². The quantitative estimate of drug-likeness (QED) is 0.554. The number of rotatable bonds is 3. The minimum atomic E-state index is -4.52. The van der Waals surface area contributed by atoms with Crippen molar-refractivity contribution < 1.29 is 22.7 Å². The maximum atomic E-state index is 13.0. The summed E-state index contributed by atoms with van der Waals surface area (Å²) in [5.74, 6) is -0.544. The molecule has 3 rings (SSSR count). The van der Waals surface area contributed by atoms with Gasteiger partial charge < -0.3 is 14.1 Å². The van der Waals surface area contributed by atoms with Crippen LogP contribution >= 0.6 is 0 Å². The molecule has 0 aliphatic carbocycles. The van der Waals surface area contributed by atoms with E-state index >= 15 is 0 Å². The van der Waals surface area contributed by atoms with Crippen molar-refractivity contribution >= 4 is 28.6 Å². The Morgan fingerprint density at radius 2 is 1.96 bits per heavy atom. The molecule has 0 unspecified atom stereocenters. The zero-order valence-corrected chi connectivity index (χ0v) is 14.9. The Kier molecular flexibility index (Phi) is 4.59. The van der Waals surface area contributed by atoms with E-state index in [2.05, 4.69) is 4.98 Å². The fraction of sp³-hybridized carbons (Fsp3) is 0.263. The van der Waals surface area contributed by atoms with Crippen LogP contribution in [0.5, 0.6) is 0 Å².